The Kier molecular flexibility index (Phi) is 3.29. The fourth-order valence-corrected chi connectivity index (χ4v) is 2.51. The maximum absolute atomic E-state index is 6.00. The van der Waals surface area contributed by atoms with Gasteiger partial charge in [0.2, 0.25) is 0 Å². The van der Waals surface area contributed by atoms with E-state index in [1.54, 1.807) is 0 Å². The maximum atomic E-state index is 6.00. The molecule has 0 N–H and O–H groups in total. The lowest BCUT2D eigenvalue weighted by atomic mass is 10.3. The molecule has 0 aliphatic rings. The molecule has 0 atom stereocenters. The van der Waals surface area contributed by atoms with Gasteiger partial charge in [-0.3, -0.25) is 4.57 Å². The quantitative estimate of drug-likeness (QED) is 0.656. The van der Waals surface area contributed by atoms with Gasteiger partial charge in [0.15, 0.2) is 5.65 Å². The summed E-state index contributed by atoms with van der Waals surface area (Å²) in [7, 11) is 0. The number of rotatable bonds is 2. The van der Waals surface area contributed by atoms with Crippen molar-refractivity contribution in [3.63, 3.8) is 0 Å². The minimum atomic E-state index is 0.353. The van der Waals surface area contributed by atoms with Crippen molar-refractivity contribution in [2.24, 2.45) is 0 Å². The molecule has 0 aliphatic heterocycles. The van der Waals surface area contributed by atoms with Crippen LogP contribution < -0.4 is 0 Å². The third kappa shape index (κ3) is 2.26. The summed E-state index contributed by atoms with van der Waals surface area (Å²) in [5.74, 6) is 1.16. The van der Waals surface area contributed by atoms with Crippen molar-refractivity contribution in [3.8, 4) is 5.69 Å². The van der Waals surface area contributed by atoms with Crippen LogP contribution >= 0.6 is 27.5 Å². The van der Waals surface area contributed by atoms with Gasteiger partial charge in [0, 0.05) is 16.4 Å². The first-order valence-electron chi connectivity index (χ1n) is 5.85. The summed E-state index contributed by atoms with van der Waals surface area (Å²) in [6.45, 7) is 2.01. The average Bonchev–Trinajstić information content (AvgIpc) is 2.77. The topological polar surface area (TPSA) is 30.7 Å². The molecular formula is C14H11BrClN3. The second kappa shape index (κ2) is 4.94. The zero-order valence-electron chi connectivity index (χ0n) is 10.3. The summed E-state index contributed by atoms with van der Waals surface area (Å²) in [6, 6.07) is 10.0. The number of benzene rings is 1. The van der Waals surface area contributed by atoms with Crippen LogP contribution in [0.5, 0.6) is 0 Å². The zero-order chi connectivity index (χ0) is 13.4. The van der Waals surface area contributed by atoms with Crippen LogP contribution in [0.4, 0.5) is 0 Å². The van der Waals surface area contributed by atoms with Gasteiger partial charge >= 0.3 is 0 Å². The van der Waals surface area contributed by atoms with Crippen molar-refractivity contribution in [1.82, 2.24) is 14.5 Å². The zero-order valence-corrected chi connectivity index (χ0v) is 12.6. The van der Waals surface area contributed by atoms with Gasteiger partial charge in [-0.2, -0.15) is 0 Å². The average molecular weight is 337 g/mol. The highest BCUT2D eigenvalue weighted by atomic mass is 79.9. The molecule has 0 fully saturated rings. The van der Waals surface area contributed by atoms with Crippen molar-refractivity contribution < 1.29 is 0 Å². The van der Waals surface area contributed by atoms with Crippen LogP contribution in [-0.2, 0) is 5.88 Å². The number of halogens is 2. The molecule has 0 spiro atoms. The highest BCUT2D eigenvalue weighted by Crippen LogP contribution is 2.23. The van der Waals surface area contributed by atoms with E-state index in [2.05, 4.69) is 25.9 Å². The van der Waals surface area contributed by atoms with E-state index in [1.165, 1.54) is 0 Å². The molecule has 0 radical (unpaired) electrons. The first-order valence-corrected chi connectivity index (χ1v) is 7.17. The highest BCUT2D eigenvalue weighted by molar-refractivity contribution is 9.10. The molecule has 0 amide bonds. The normalized spacial score (nSPS) is 11.1. The molecule has 0 unspecified atom stereocenters. The Morgan fingerprint density at radius 1 is 1.26 bits per heavy atom. The predicted octanol–water partition coefficient (Wildman–Crippen LogP) is 4.23. The van der Waals surface area contributed by atoms with Crippen molar-refractivity contribution >= 4 is 38.7 Å². The van der Waals surface area contributed by atoms with Crippen LogP contribution in [0.25, 0.3) is 16.9 Å². The summed E-state index contributed by atoms with van der Waals surface area (Å²) < 4.78 is 3.03. The molecule has 0 bridgehead atoms. The number of aromatic nitrogens is 3. The van der Waals surface area contributed by atoms with Crippen molar-refractivity contribution in [2.45, 2.75) is 12.8 Å². The van der Waals surface area contributed by atoms with Gasteiger partial charge in [0.05, 0.1) is 5.88 Å². The summed E-state index contributed by atoms with van der Waals surface area (Å²) in [4.78, 5) is 9.03. The van der Waals surface area contributed by atoms with E-state index in [0.29, 0.717) is 5.88 Å². The summed E-state index contributed by atoms with van der Waals surface area (Å²) in [5.41, 5.74) is 3.81. The van der Waals surface area contributed by atoms with E-state index in [4.69, 9.17) is 11.6 Å². The third-order valence-corrected chi connectivity index (χ3v) is 3.68. The van der Waals surface area contributed by atoms with Gasteiger partial charge in [0.1, 0.15) is 11.3 Å². The van der Waals surface area contributed by atoms with E-state index in [9.17, 15) is 0 Å². The fourth-order valence-electron chi connectivity index (χ4n) is 2.06. The predicted molar refractivity (Wildman–Crippen MR) is 80.9 cm³/mol. The fraction of sp³-hybridized carbons (Fsp3) is 0.143. The van der Waals surface area contributed by atoms with E-state index in [1.807, 2.05) is 48.0 Å². The molecule has 0 aliphatic carbocycles. The summed E-state index contributed by atoms with van der Waals surface area (Å²) in [5, 5.41) is 0. The van der Waals surface area contributed by atoms with Crippen molar-refractivity contribution in [1.29, 1.82) is 0 Å². The molecular weight excluding hydrogens is 326 g/mol. The lowest BCUT2D eigenvalue weighted by Crippen LogP contribution is -2.00. The monoisotopic (exact) mass is 335 g/mol. The Morgan fingerprint density at radius 2 is 2.00 bits per heavy atom. The Bertz CT molecular complexity index is 734. The van der Waals surface area contributed by atoms with E-state index < -0.39 is 0 Å². The smallest absolute Gasteiger partial charge is 0.164 e. The number of alkyl halides is 1. The first-order chi connectivity index (χ1) is 9.19. The molecule has 2 aromatic heterocycles. The second-order valence-electron chi connectivity index (χ2n) is 4.33. The number of hydrogen-bond donors (Lipinski definition) is 0. The highest BCUT2D eigenvalue weighted by Gasteiger charge is 2.12. The molecule has 19 heavy (non-hydrogen) atoms. The van der Waals surface area contributed by atoms with E-state index in [0.717, 1.165) is 32.7 Å². The van der Waals surface area contributed by atoms with Crippen molar-refractivity contribution in [2.75, 3.05) is 0 Å². The lowest BCUT2D eigenvalue weighted by molar-refractivity contribution is 0.969. The van der Waals surface area contributed by atoms with Crippen LogP contribution in [0.15, 0.2) is 41.0 Å². The molecule has 3 aromatic rings. The molecule has 96 valence electrons. The van der Waals surface area contributed by atoms with Crippen LogP contribution in [-0.4, -0.2) is 14.5 Å². The number of imidazole rings is 1. The number of fused-ring (bicyclic) bond motifs is 1. The maximum Gasteiger partial charge on any atom is 0.164 e. The van der Waals surface area contributed by atoms with Gasteiger partial charge in [-0.1, -0.05) is 15.9 Å². The number of aryl methyl sites for hydroxylation is 1. The van der Waals surface area contributed by atoms with Gasteiger partial charge in [0.25, 0.3) is 0 Å². The van der Waals surface area contributed by atoms with Gasteiger partial charge < -0.3 is 0 Å². The standard InChI is InChI=1S/C14H11BrClN3/c1-9-6-12-14(17-8-9)19(13(7-16)18-12)11-4-2-10(15)3-5-11/h2-6,8H,7H2,1H3. The minimum Gasteiger partial charge on any atom is -0.280 e. The van der Waals surface area contributed by atoms with Gasteiger partial charge in [-0.25, -0.2) is 9.97 Å². The molecule has 5 heteroatoms. The Morgan fingerprint density at radius 3 is 2.68 bits per heavy atom. The molecule has 2 heterocycles. The van der Waals surface area contributed by atoms with Crippen LogP contribution in [0.2, 0.25) is 0 Å². The van der Waals surface area contributed by atoms with Crippen LogP contribution in [0.1, 0.15) is 11.4 Å². The van der Waals surface area contributed by atoms with Crippen LogP contribution in [0, 0.1) is 6.92 Å². The Labute approximate surface area is 124 Å². The summed E-state index contributed by atoms with van der Waals surface area (Å²) >= 11 is 9.44. The first kappa shape index (κ1) is 12.6. The number of hydrogen-bond acceptors (Lipinski definition) is 2. The van der Waals surface area contributed by atoms with Crippen molar-refractivity contribution in [3.05, 3.63) is 52.4 Å². The Hall–Kier alpha value is -1.39. The van der Waals surface area contributed by atoms with E-state index >= 15 is 0 Å². The summed E-state index contributed by atoms with van der Waals surface area (Å²) in [6.07, 6.45) is 1.84. The minimum absolute atomic E-state index is 0.353. The van der Waals surface area contributed by atoms with Gasteiger partial charge in [-0.15, -0.1) is 11.6 Å². The van der Waals surface area contributed by atoms with Gasteiger partial charge in [-0.05, 0) is 42.8 Å². The molecule has 1 aromatic carbocycles. The largest absolute Gasteiger partial charge is 0.280 e. The molecule has 0 saturated heterocycles. The molecule has 3 rings (SSSR count). The molecule has 3 nitrogen and oxygen atoms in total. The lowest BCUT2D eigenvalue weighted by Gasteiger charge is -2.07. The SMILES string of the molecule is Cc1cnc2c(c1)nc(CCl)n2-c1ccc(Br)cc1. The van der Waals surface area contributed by atoms with E-state index in [-0.39, 0.29) is 0 Å². The third-order valence-electron chi connectivity index (χ3n) is 2.91. The Balaban J connectivity index is 2.29. The number of pyridine rings is 1. The van der Waals surface area contributed by atoms with Crippen LogP contribution in [0.3, 0.4) is 0 Å². The second-order valence-corrected chi connectivity index (χ2v) is 5.51. The molecule has 0 saturated carbocycles. The number of nitrogens with zero attached hydrogens (tertiary/aromatic N) is 3.